The van der Waals surface area contributed by atoms with Gasteiger partial charge in [0.1, 0.15) is 0 Å². The summed E-state index contributed by atoms with van der Waals surface area (Å²) >= 11 is 10.4. The van der Waals surface area contributed by atoms with Gasteiger partial charge in [-0.3, -0.25) is 4.79 Å². The molecule has 1 N–H and O–H groups in total. The highest BCUT2D eigenvalue weighted by Crippen LogP contribution is 2.21. The molecule has 0 bridgehead atoms. The van der Waals surface area contributed by atoms with Gasteiger partial charge in [0.15, 0.2) is 0 Å². The van der Waals surface area contributed by atoms with Crippen LogP contribution in [0.4, 0.5) is 0 Å². The molecule has 14 heavy (non-hydrogen) atoms. The van der Waals surface area contributed by atoms with Crippen LogP contribution in [0.25, 0.3) is 0 Å². The molecular weight excluding hydrogens is 286 g/mol. The minimum absolute atomic E-state index is 0.0480. The fraction of sp³-hybridized carbons (Fsp3) is 0.444. The summed E-state index contributed by atoms with van der Waals surface area (Å²) in [6.45, 7) is 2.00. The number of thiophene rings is 1. The van der Waals surface area contributed by atoms with Crippen molar-refractivity contribution in [3.8, 4) is 0 Å². The summed E-state index contributed by atoms with van der Waals surface area (Å²) in [6.07, 6.45) is 0.849. The molecule has 0 fully saturated rings. The van der Waals surface area contributed by atoms with Crippen LogP contribution in [-0.4, -0.2) is 17.8 Å². The molecule has 5 heteroatoms. The van der Waals surface area contributed by atoms with Crippen LogP contribution >= 0.6 is 38.9 Å². The quantitative estimate of drug-likeness (QED) is 0.849. The third kappa shape index (κ3) is 3.26. The Morgan fingerprint density at radius 2 is 2.43 bits per heavy atom. The van der Waals surface area contributed by atoms with Crippen molar-refractivity contribution in [2.75, 3.05) is 5.88 Å². The van der Waals surface area contributed by atoms with Crippen molar-refractivity contribution in [2.45, 2.75) is 19.4 Å². The molecule has 0 aliphatic carbocycles. The SMILES string of the molecule is CCC(CCl)NC(=O)c1ccc(Br)s1. The summed E-state index contributed by atoms with van der Waals surface area (Å²) in [5.41, 5.74) is 0. The Bertz CT molecular complexity index is 312. The van der Waals surface area contributed by atoms with E-state index in [0.717, 1.165) is 10.2 Å². The summed E-state index contributed by atoms with van der Waals surface area (Å²) in [7, 11) is 0. The van der Waals surface area contributed by atoms with Crippen LogP contribution in [0.3, 0.4) is 0 Å². The normalized spacial score (nSPS) is 12.5. The second-order valence-corrected chi connectivity index (χ2v) is 5.61. The van der Waals surface area contributed by atoms with Gasteiger partial charge in [0.05, 0.1) is 8.66 Å². The lowest BCUT2D eigenvalue weighted by Gasteiger charge is -2.12. The van der Waals surface area contributed by atoms with Crippen LogP contribution in [0.15, 0.2) is 15.9 Å². The first kappa shape index (κ1) is 12.0. The van der Waals surface area contributed by atoms with Gasteiger partial charge in [-0.2, -0.15) is 0 Å². The Balaban J connectivity index is 2.58. The lowest BCUT2D eigenvalue weighted by molar-refractivity contribution is 0.0944. The number of nitrogens with one attached hydrogen (secondary N) is 1. The Labute approximate surface area is 101 Å². The highest BCUT2D eigenvalue weighted by Gasteiger charge is 2.12. The van der Waals surface area contributed by atoms with Crippen LogP contribution in [0.5, 0.6) is 0 Å². The summed E-state index contributed by atoms with van der Waals surface area (Å²) in [5, 5.41) is 2.86. The number of rotatable bonds is 4. The van der Waals surface area contributed by atoms with Crippen LogP contribution in [-0.2, 0) is 0 Å². The molecule has 0 aliphatic heterocycles. The predicted molar refractivity (Wildman–Crippen MR) is 64.3 cm³/mol. The van der Waals surface area contributed by atoms with E-state index in [0.29, 0.717) is 10.8 Å². The van der Waals surface area contributed by atoms with Crippen molar-refractivity contribution >= 4 is 44.8 Å². The number of carbonyl (C=O) groups excluding carboxylic acids is 1. The van der Waals surface area contributed by atoms with Gasteiger partial charge < -0.3 is 5.32 Å². The van der Waals surface area contributed by atoms with Gasteiger partial charge in [0.2, 0.25) is 0 Å². The molecule has 78 valence electrons. The Hall–Kier alpha value is -0.0600. The summed E-state index contributed by atoms with van der Waals surface area (Å²) in [4.78, 5) is 12.3. The zero-order chi connectivity index (χ0) is 10.6. The average molecular weight is 297 g/mol. The average Bonchev–Trinajstić information content (AvgIpc) is 2.61. The molecule has 1 amide bonds. The lowest BCUT2D eigenvalue weighted by atomic mass is 10.2. The monoisotopic (exact) mass is 295 g/mol. The second kappa shape index (κ2) is 5.73. The van der Waals surface area contributed by atoms with E-state index in [1.807, 2.05) is 13.0 Å². The largest absolute Gasteiger partial charge is 0.347 e. The van der Waals surface area contributed by atoms with Gasteiger partial charge in [0, 0.05) is 11.9 Å². The minimum Gasteiger partial charge on any atom is -0.347 e. The molecule has 1 atom stereocenters. The fourth-order valence-electron chi connectivity index (χ4n) is 0.943. The molecule has 0 aromatic carbocycles. The van der Waals surface area contributed by atoms with Gasteiger partial charge in [-0.05, 0) is 34.5 Å². The second-order valence-electron chi connectivity index (χ2n) is 2.84. The first-order valence-corrected chi connectivity index (χ1v) is 6.44. The highest BCUT2D eigenvalue weighted by atomic mass is 79.9. The Kier molecular flexibility index (Phi) is 4.92. The number of amides is 1. The molecule has 1 unspecified atom stereocenters. The number of carbonyl (C=O) groups is 1. The molecule has 0 aliphatic rings. The van der Waals surface area contributed by atoms with E-state index in [-0.39, 0.29) is 11.9 Å². The maximum Gasteiger partial charge on any atom is 0.261 e. The third-order valence-electron chi connectivity index (χ3n) is 1.81. The van der Waals surface area contributed by atoms with Gasteiger partial charge >= 0.3 is 0 Å². The molecule has 1 aromatic heterocycles. The van der Waals surface area contributed by atoms with E-state index in [2.05, 4.69) is 21.2 Å². The standard InChI is InChI=1S/C9H11BrClNOS/c1-2-6(5-11)12-9(13)7-3-4-8(10)14-7/h3-4,6H,2,5H2,1H3,(H,12,13). The van der Waals surface area contributed by atoms with Crippen LogP contribution < -0.4 is 5.32 Å². The molecule has 1 aromatic rings. The maximum absolute atomic E-state index is 11.6. The molecule has 1 rings (SSSR count). The number of halogens is 2. The van der Waals surface area contributed by atoms with E-state index >= 15 is 0 Å². The van der Waals surface area contributed by atoms with Crippen LogP contribution in [0.2, 0.25) is 0 Å². The number of alkyl halides is 1. The zero-order valence-electron chi connectivity index (χ0n) is 7.72. The lowest BCUT2D eigenvalue weighted by Crippen LogP contribution is -2.35. The van der Waals surface area contributed by atoms with Crippen molar-refractivity contribution in [3.63, 3.8) is 0 Å². The fourth-order valence-corrected chi connectivity index (χ4v) is 2.53. The first-order valence-electron chi connectivity index (χ1n) is 4.29. The van der Waals surface area contributed by atoms with Gasteiger partial charge in [-0.1, -0.05) is 6.92 Å². The predicted octanol–water partition coefficient (Wildman–Crippen LogP) is 3.26. The summed E-state index contributed by atoms with van der Waals surface area (Å²) in [5.74, 6) is 0.405. The van der Waals surface area contributed by atoms with E-state index in [9.17, 15) is 4.79 Å². The zero-order valence-corrected chi connectivity index (χ0v) is 10.9. The molecule has 0 radical (unpaired) electrons. The van der Waals surface area contributed by atoms with E-state index in [4.69, 9.17) is 11.6 Å². The third-order valence-corrected chi connectivity index (χ3v) is 3.81. The van der Waals surface area contributed by atoms with Crippen LogP contribution in [0.1, 0.15) is 23.0 Å². The molecule has 0 saturated heterocycles. The Morgan fingerprint density at radius 1 is 1.71 bits per heavy atom. The minimum atomic E-state index is -0.0480. The molecule has 1 heterocycles. The number of hydrogen-bond donors (Lipinski definition) is 1. The highest BCUT2D eigenvalue weighted by molar-refractivity contribution is 9.11. The van der Waals surface area contributed by atoms with E-state index in [1.165, 1.54) is 11.3 Å². The molecular formula is C9H11BrClNOS. The van der Waals surface area contributed by atoms with Crippen molar-refractivity contribution in [3.05, 3.63) is 20.8 Å². The van der Waals surface area contributed by atoms with Crippen molar-refractivity contribution < 1.29 is 4.79 Å². The molecule has 2 nitrogen and oxygen atoms in total. The van der Waals surface area contributed by atoms with Crippen molar-refractivity contribution in [2.24, 2.45) is 0 Å². The van der Waals surface area contributed by atoms with Crippen molar-refractivity contribution in [1.82, 2.24) is 5.32 Å². The van der Waals surface area contributed by atoms with Gasteiger partial charge in [-0.15, -0.1) is 22.9 Å². The van der Waals surface area contributed by atoms with Crippen LogP contribution in [0, 0.1) is 0 Å². The van der Waals surface area contributed by atoms with E-state index < -0.39 is 0 Å². The summed E-state index contributed by atoms with van der Waals surface area (Å²) < 4.78 is 0.960. The maximum atomic E-state index is 11.6. The Morgan fingerprint density at radius 3 is 2.86 bits per heavy atom. The smallest absolute Gasteiger partial charge is 0.261 e. The van der Waals surface area contributed by atoms with Crippen molar-refractivity contribution in [1.29, 1.82) is 0 Å². The first-order chi connectivity index (χ1) is 6.67. The summed E-state index contributed by atoms with van der Waals surface area (Å²) in [6, 6.07) is 3.72. The molecule has 0 saturated carbocycles. The molecule has 0 spiro atoms. The topological polar surface area (TPSA) is 29.1 Å². The van der Waals surface area contributed by atoms with E-state index in [1.54, 1.807) is 6.07 Å². The van der Waals surface area contributed by atoms with Gasteiger partial charge in [-0.25, -0.2) is 0 Å². The van der Waals surface area contributed by atoms with Gasteiger partial charge in [0.25, 0.3) is 5.91 Å². The number of hydrogen-bond acceptors (Lipinski definition) is 2.